The smallest absolute Gasteiger partial charge is 0.426 e. The van der Waals surface area contributed by atoms with Crippen LogP contribution in [0.5, 0.6) is 5.75 Å². The number of allylic oxidation sites excluding steroid dienone is 3. The van der Waals surface area contributed by atoms with Crippen molar-refractivity contribution in [2.75, 3.05) is 13.7 Å². The number of hydrogen-bond donors (Lipinski definition) is 1. The molecule has 4 rings (SSSR count). The number of thioether (sulfide) groups is 1. The normalized spacial score (nSPS) is 19.0. The average molecular weight is 500 g/mol. The van der Waals surface area contributed by atoms with Crippen LogP contribution in [-0.2, 0) is 16.1 Å². The lowest BCUT2D eigenvalue weighted by atomic mass is 10.1. The highest BCUT2D eigenvalue weighted by Gasteiger charge is 2.39. The van der Waals surface area contributed by atoms with E-state index in [0.29, 0.717) is 10.7 Å². The second-order valence-corrected chi connectivity index (χ2v) is 8.90. The molecule has 0 saturated heterocycles. The van der Waals surface area contributed by atoms with E-state index < -0.39 is 0 Å². The van der Waals surface area contributed by atoms with Crippen molar-refractivity contribution in [3.05, 3.63) is 81.6 Å². The first kappa shape index (κ1) is 21.4. The summed E-state index contributed by atoms with van der Waals surface area (Å²) in [4.78, 5) is 26.4. The third-order valence-corrected chi connectivity index (χ3v) is 6.61. The molecule has 1 aromatic carbocycles. The number of furan rings is 1. The minimum atomic E-state index is -0.252. The predicted molar refractivity (Wildman–Crippen MR) is 124 cm³/mol. The Bertz CT molecular complexity index is 1130. The van der Waals surface area contributed by atoms with E-state index in [2.05, 4.69) is 21.2 Å². The summed E-state index contributed by atoms with van der Waals surface area (Å²) < 4.78 is 12.9. The molecule has 1 atom stereocenters. The minimum absolute atomic E-state index is 0.0338. The average Bonchev–Trinajstić information content (AvgIpc) is 3.29. The summed E-state index contributed by atoms with van der Waals surface area (Å²) in [6.45, 7) is 0.216. The molecular formula is C23H20BrN2O4S+. The Hall–Kier alpha value is -2.84. The van der Waals surface area contributed by atoms with Gasteiger partial charge in [-0.1, -0.05) is 36.1 Å². The van der Waals surface area contributed by atoms with Crippen LogP contribution >= 0.6 is 27.7 Å². The lowest BCUT2D eigenvalue weighted by molar-refractivity contribution is -0.434. The second-order valence-electron chi connectivity index (χ2n) is 6.86. The van der Waals surface area contributed by atoms with Crippen molar-refractivity contribution in [2.24, 2.45) is 0 Å². The molecule has 1 aromatic heterocycles. The second kappa shape index (κ2) is 9.53. The number of nitrogens with zero attached hydrogens (tertiary/aromatic N) is 1. The maximum Gasteiger partial charge on any atom is 0.426 e. The van der Waals surface area contributed by atoms with Gasteiger partial charge in [-0.25, -0.2) is 4.79 Å². The van der Waals surface area contributed by atoms with Gasteiger partial charge < -0.3 is 14.5 Å². The largest absolute Gasteiger partial charge is 0.496 e. The van der Waals surface area contributed by atoms with E-state index in [1.165, 1.54) is 11.8 Å². The lowest BCUT2D eigenvalue weighted by Gasteiger charge is -2.20. The molecule has 1 aliphatic carbocycles. The van der Waals surface area contributed by atoms with Crippen molar-refractivity contribution in [2.45, 2.75) is 11.8 Å². The molecular weight excluding hydrogens is 480 g/mol. The summed E-state index contributed by atoms with van der Waals surface area (Å²) in [6.07, 6.45) is 11.1. The van der Waals surface area contributed by atoms with Gasteiger partial charge >= 0.3 is 5.91 Å². The maximum absolute atomic E-state index is 13.3. The molecule has 1 N–H and O–H groups in total. The molecule has 0 saturated carbocycles. The molecule has 0 fully saturated rings. The molecule has 2 aromatic rings. The number of carbonyl (C=O) groups excluding carboxylic acids is 2. The van der Waals surface area contributed by atoms with Gasteiger partial charge in [-0.15, -0.1) is 4.58 Å². The minimum Gasteiger partial charge on any atom is -0.496 e. The quantitative estimate of drug-likeness (QED) is 0.481. The lowest BCUT2D eigenvalue weighted by Crippen LogP contribution is -2.43. The van der Waals surface area contributed by atoms with Gasteiger partial charge in [0.15, 0.2) is 0 Å². The predicted octanol–water partition coefficient (Wildman–Crippen LogP) is 3.93. The number of fused-ring (bicyclic) bond motifs is 1. The van der Waals surface area contributed by atoms with Crippen LogP contribution in [0.4, 0.5) is 0 Å². The van der Waals surface area contributed by atoms with Gasteiger partial charge in [0.1, 0.15) is 21.7 Å². The van der Waals surface area contributed by atoms with Crippen LogP contribution in [0.15, 0.2) is 74.7 Å². The van der Waals surface area contributed by atoms with Crippen molar-refractivity contribution in [1.29, 1.82) is 0 Å². The number of halogens is 1. The highest BCUT2D eigenvalue weighted by Crippen LogP contribution is 2.34. The Labute approximate surface area is 192 Å². The Morgan fingerprint density at radius 1 is 1.35 bits per heavy atom. The molecule has 0 spiro atoms. The maximum atomic E-state index is 13.3. The van der Waals surface area contributed by atoms with Crippen molar-refractivity contribution in [3.63, 3.8) is 0 Å². The first-order valence-electron chi connectivity index (χ1n) is 9.59. The monoisotopic (exact) mass is 499 g/mol. The fourth-order valence-electron chi connectivity index (χ4n) is 3.27. The third kappa shape index (κ3) is 4.91. The van der Waals surface area contributed by atoms with E-state index in [-0.39, 0.29) is 30.2 Å². The molecule has 2 amide bonds. The molecule has 31 heavy (non-hydrogen) atoms. The van der Waals surface area contributed by atoms with Crippen LogP contribution in [0.25, 0.3) is 6.08 Å². The van der Waals surface area contributed by atoms with E-state index >= 15 is 0 Å². The van der Waals surface area contributed by atoms with E-state index in [9.17, 15) is 9.59 Å². The number of nitrogens with one attached hydrogen (secondary N) is 1. The number of hydrogen-bond acceptors (Lipinski definition) is 5. The summed E-state index contributed by atoms with van der Waals surface area (Å²) in [6, 6.07) is 9.18. The van der Waals surface area contributed by atoms with E-state index in [1.54, 1.807) is 30.1 Å². The molecule has 0 bridgehead atoms. The molecule has 1 aliphatic heterocycles. The van der Waals surface area contributed by atoms with Crippen molar-refractivity contribution in [1.82, 2.24) is 5.32 Å². The number of ether oxygens (including phenoxy) is 1. The number of amides is 2. The van der Waals surface area contributed by atoms with Gasteiger partial charge in [0.05, 0.1) is 24.4 Å². The highest BCUT2D eigenvalue weighted by molar-refractivity contribution is 9.10. The molecule has 2 aliphatic rings. The van der Waals surface area contributed by atoms with Crippen molar-refractivity contribution >= 4 is 51.3 Å². The molecule has 0 radical (unpaired) electrons. The van der Waals surface area contributed by atoms with Crippen LogP contribution in [0, 0.1) is 0 Å². The summed E-state index contributed by atoms with van der Waals surface area (Å²) in [5.74, 6) is 0.926. The Morgan fingerprint density at radius 2 is 2.23 bits per heavy atom. The van der Waals surface area contributed by atoms with Crippen LogP contribution in [-0.4, -0.2) is 41.0 Å². The Balaban J connectivity index is 1.58. The van der Waals surface area contributed by atoms with Gasteiger partial charge in [-0.05, 0) is 51.8 Å². The van der Waals surface area contributed by atoms with E-state index in [4.69, 9.17) is 9.15 Å². The van der Waals surface area contributed by atoms with Crippen molar-refractivity contribution < 1.29 is 23.3 Å². The fraction of sp³-hybridized carbons (Fsp3) is 0.174. The first-order chi connectivity index (χ1) is 15.0. The topological polar surface area (TPSA) is 71.6 Å². The Morgan fingerprint density at radius 3 is 2.97 bits per heavy atom. The van der Waals surface area contributed by atoms with Crippen LogP contribution in [0.2, 0.25) is 0 Å². The number of benzene rings is 1. The summed E-state index contributed by atoms with van der Waals surface area (Å²) in [7, 11) is 1.61. The zero-order valence-electron chi connectivity index (χ0n) is 16.7. The van der Waals surface area contributed by atoms with Gasteiger partial charge in [0.2, 0.25) is 12.3 Å². The van der Waals surface area contributed by atoms with Crippen LogP contribution in [0.3, 0.4) is 0 Å². The molecule has 8 heteroatoms. The summed E-state index contributed by atoms with van der Waals surface area (Å²) in [5.41, 5.74) is 1.67. The summed E-state index contributed by atoms with van der Waals surface area (Å²) in [5, 5.41) is 2.77. The zero-order valence-corrected chi connectivity index (χ0v) is 19.1. The summed E-state index contributed by atoms with van der Waals surface area (Å²) >= 11 is 4.96. The highest BCUT2D eigenvalue weighted by atomic mass is 79.9. The van der Waals surface area contributed by atoms with Gasteiger partial charge in [0.25, 0.3) is 5.91 Å². The SMILES string of the molecule is COc1ccc(/C=C2/SC3C=CC=CC3=[N+](CC(=O)NCc3ccco3)C2=O)cc1Br. The Kier molecular flexibility index (Phi) is 6.58. The molecule has 6 nitrogen and oxygen atoms in total. The molecule has 1 unspecified atom stereocenters. The van der Waals surface area contributed by atoms with Gasteiger partial charge in [0, 0.05) is 6.08 Å². The van der Waals surface area contributed by atoms with Gasteiger partial charge in [-0.2, -0.15) is 0 Å². The molecule has 2 heterocycles. The molecule has 158 valence electrons. The van der Waals surface area contributed by atoms with E-state index in [1.807, 2.05) is 48.6 Å². The van der Waals surface area contributed by atoms with Crippen LogP contribution in [0.1, 0.15) is 11.3 Å². The number of rotatable bonds is 6. The van der Waals surface area contributed by atoms with Crippen LogP contribution < -0.4 is 10.1 Å². The van der Waals surface area contributed by atoms with Crippen molar-refractivity contribution in [3.8, 4) is 5.75 Å². The number of carbonyl (C=O) groups is 2. The first-order valence-corrected chi connectivity index (χ1v) is 11.3. The van der Waals surface area contributed by atoms with E-state index in [0.717, 1.165) is 21.5 Å². The standard InChI is InChI=1S/C23H19BrN2O4S/c1-29-19-9-8-15(11-17(19)24)12-21-23(28)26(18-6-2-3-7-20(18)31-21)14-22(27)25-13-16-5-4-10-30-16/h2-12,20H,13-14H2,1H3/p+1/b21-12+. The van der Waals surface area contributed by atoms with Gasteiger partial charge in [-0.3, -0.25) is 4.79 Å². The zero-order chi connectivity index (χ0) is 21.8. The number of methoxy groups -OCH3 is 1. The fourth-order valence-corrected chi connectivity index (χ4v) is 5.02. The third-order valence-electron chi connectivity index (χ3n) is 4.79.